The normalized spacial score (nSPS) is 23.4. The number of carbonyl (C=O) groups is 3. The maximum absolute atomic E-state index is 13.9. The number of Topliss-reactive ketones (excluding diaryl/α,β-unsaturated/α-hetero) is 1. The lowest BCUT2D eigenvalue weighted by Crippen LogP contribution is -2.56. The standard InChI is InChI=1S/C27H33NO5/c1-5-32-26(30)21-23(19-13-9-7-10-14-19)28(17-18(3)4)24(20-15-11-8-12-16-20)22(25(21)29)27(31)33-6-2/h7-16,18,21-24H,5-6,17H2,1-4H3. The van der Waals surface area contributed by atoms with E-state index in [1.54, 1.807) is 13.8 Å². The molecule has 6 nitrogen and oxygen atoms in total. The molecule has 0 bridgehead atoms. The van der Waals surface area contributed by atoms with Crippen LogP contribution in [0.2, 0.25) is 0 Å². The second kappa shape index (κ2) is 11.2. The average Bonchev–Trinajstić information content (AvgIpc) is 2.80. The number of benzene rings is 2. The molecule has 1 saturated heterocycles. The van der Waals surface area contributed by atoms with Gasteiger partial charge in [-0.2, -0.15) is 0 Å². The second-order valence-corrected chi connectivity index (χ2v) is 8.66. The van der Waals surface area contributed by atoms with E-state index >= 15 is 0 Å². The van der Waals surface area contributed by atoms with Gasteiger partial charge in [0.05, 0.1) is 25.3 Å². The Bertz CT molecular complexity index is 872. The van der Waals surface area contributed by atoms with Crippen molar-refractivity contribution in [2.45, 2.75) is 39.8 Å². The summed E-state index contributed by atoms with van der Waals surface area (Å²) in [6, 6.07) is 17.9. The minimum atomic E-state index is -1.12. The lowest BCUT2D eigenvalue weighted by molar-refractivity contribution is -0.170. The molecule has 1 fully saturated rings. The van der Waals surface area contributed by atoms with E-state index in [1.165, 1.54) is 0 Å². The predicted molar refractivity (Wildman–Crippen MR) is 125 cm³/mol. The number of hydrogen-bond donors (Lipinski definition) is 0. The van der Waals surface area contributed by atoms with Gasteiger partial charge in [-0.25, -0.2) is 0 Å². The summed E-state index contributed by atoms with van der Waals surface area (Å²) in [4.78, 5) is 42.4. The third kappa shape index (κ3) is 5.33. The highest BCUT2D eigenvalue weighted by Crippen LogP contribution is 2.47. The van der Waals surface area contributed by atoms with Crippen LogP contribution in [0.3, 0.4) is 0 Å². The Labute approximate surface area is 195 Å². The third-order valence-corrected chi connectivity index (χ3v) is 5.90. The van der Waals surface area contributed by atoms with Crippen molar-refractivity contribution in [2.75, 3.05) is 19.8 Å². The van der Waals surface area contributed by atoms with Crippen LogP contribution in [0.25, 0.3) is 0 Å². The van der Waals surface area contributed by atoms with Crippen LogP contribution in [0.1, 0.15) is 50.9 Å². The minimum Gasteiger partial charge on any atom is -0.465 e. The first-order chi connectivity index (χ1) is 15.9. The largest absolute Gasteiger partial charge is 0.465 e. The van der Waals surface area contributed by atoms with Gasteiger partial charge in [0.25, 0.3) is 0 Å². The zero-order chi connectivity index (χ0) is 24.0. The number of ether oxygens (including phenoxy) is 2. The van der Waals surface area contributed by atoms with Crippen molar-refractivity contribution < 1.29 is 23.9 Å². The first-order valence-corrected chi connectivity index (χ1v) is 11.6. The van der Waals surface area contributed by atoms with Crippen LogP contribution in [-0.4, -0.2) is 42.4 Å². The van der Waals surface area contributed by atoms with E-state index in [0.29, 0.717) is 6.54 Å². The molecule has 0 saturated carbocycles. The van der Waals surface area contributed by atoms with Gasteiger partial charge in [-0.1, -0.05) is 74.5 Å². The third-order valence-electron chi connectivity index (χ3n) is 5.90. The van der Waals surface area contributed by atoms with Crippen LogP contribution in [-0.2, 0) is 23.9 Å². The summed E-state index contributed by atoms with van der Waals surface area (Å²) in [5.74, 6) is -3.69. The first kappa shape index (κ1) is 24.6. The SMILES string of the molecule is CCOC(=O)C1C(=O)C(C(=O)OCC)C(c2ccccc2)N(CC(C)C)C1c1ccccc1. The number of rotatable bonds is 8. The number of likely N-dealkylation sites (tertiary alicyclic amines) is 1. The van der Waals surface area contributed by atoms with E-state index in [-0.39, 0.29) is 19.1 Å². The summed E-state index contributed by atoms with van der Waals surface area (Å²) in [5.41, 5.74) is 1.68. The fourth-order valence-electron chi connectivity index (χ4n) is 4.73. The van der Waals surface area contributed by atoms with Crippen LogP contribution in [0.5, 0.6) is 0 Å². The van der Waals surface area contributed by atoms with Crippen LogP contribution in [0.15, 0.2) is 60.7 Å². The van der Waals surface area contributed by atoms with Crippen molar-refractivity contribution >= 4 is 17.7 Å². The summed E-state index contributed by atoms with van der Waals surface area (Å²) >= 11 is 0. The van der Waals surface area contributed by atoms with Crippen LogP contribution >= 0.6 is 0 Å². The molecule has 2 aromatic carbocycles. The van der Waals surface area contributed by atoms with Gasteiger partial charge in [-0.15, -0.1) is 0 Å². The molecule has 2 aromatic rings. The highest BCUT2D eigenvalue weighted by molar-refractivity contribution is 6.10. The van der Waals surface area contributed by atoms with Gasteiger partial charge in [0, 0.05) is 6.54 Å². The molecule has 0 aromatic heterocycles. The molecule has 0 N–H and O–H groups in total. The van der Waals surface area contributed by atoms with Crippen molar-refractivity contribution in [3.63, 3.8) is 0 Å². The maximum Gasteiger partial charge on any atom is 0.318 e. The van der Waals surface area contributed by atoms with E-state index in [2.05, 4.69) is 18.7 Å². The highest BCUT2D eigenvalue weighted by atomic mass is 16.5. The van der Waals surface area contributed by atoms with Gasteiger partial charge in [-0.05, 0) is 30.9 Å². The van der Waals surface area contributed by atoms with E-state index in [9.17, 15) is 14.4 Å². The Hall–Kier alpha value is -2.99. The quantitative estimate of drug-likeness (QED) is 0.438. The Kier molecular flexibility index (Phi) is 8.39. The maximum atomic E-state index is 13.9. The van der Waals surface area contributed by atoms with Gasteiger partial charge >= 0.3 is 11.9 Å². The molecule has 0 radical (unpaired) electrons. The molecule has 1 heterocycles. The Morgan fingerprint density at radius 3 is 1.52 bits per heavy atom. The fraction of sp³-hybridized carbons (Fsp3) is 0.444. The summed E-state index contributed by atoms with van der Waals surface area (Å²) < 4.78 is 10.7. The number of nitrogens with zero attached hydrogens (tertiary/aromatic N) is 1. The number of esters is 2. The molecule has 3 rings (SSSR count). The highest BCUT2D eigenvalue weighted by Gasteiger charge is 2.56. The molecule has 1 aliphatic heterocycles. The molecule has 4 atom stereocenters. The predicted octanol–water partition coefficient (Wildman–Crippen LogP) is 4.37. The van der Waals surface area contributed by atoms with Crippen LogP contribution in [0, 0.1) is 17.8 Å². The number of hydrogen-bond acceptors (Lipinski definition) is 6. The van der Waals surface area contributed by atoms with E-state index < -0.39 is 41.6 Å². The average molecular weight is 452 g/mol. The van der Waals surface area contributed by atoms with Crippen LogP contribution in [0.4, 0.5) is 0 Å². The summed E-state index contributed by atoms with van der Waals surface area (Å²) in [6.45, 7) is 8.48. The Balaban J connectivity index is 2.25. The summed E-state index contributed by atoms with van der Waals surface area (Å²) in [5, 5.41) is 0. The van der Waals surface area contributed by atoms with Crippen molar-refractivity contribution in [3.8, 4) is 0 Å². The lowest BCUT2D eigenvalue weighted by Gasteiger charge is -2.48. The summed E-state index contributed by atoms with van der Waals surface area (Å²) in [6.07, 6.45) is 0. The topological polar surface area (TPSA) is 72.9 Å². The molecule has 0 amide bonds. The molecule has 0 aliphatic carbocycles. The minimum absolute atomic E-state index is 0.153. The van der Waals surface area contributed by atoms with Gasteiger partial charge in [0.1, 0.15) is 11.8 Å². The van der Waals surface area contributed by atoms with Crippen molar-refractivity contribution in [2.24, 2.45) is 17.8 Å². The number of ketones is 1. The zero-order valence-electron chi connectivity index (χ0n) is 19.8. The molecule has 1 aliphatic rings. The zero-order valence-corrected chi connectivity index (χ0v) is 19.8. The van der Waals surface area contributed by atoms with E-state index in [4.69, 9.17) is 9.47 Å². The molecule has 6 heteroatoms. The lowest BCUT2D eigenvalue weighted by atomic mass is 9.72. The van der Waals surface area contributed by atoms with Gasteiger partial charge in [0.15, 0.2) is 5.78 Å². The van der Waals surface area contributed by atoms with E-state index in [0.717, 1.165) is 11.1 Å². The Morgan fingerprint density at radius 2 is 1.18 bits per heavy atom. The second-order valence-electron chi connectivity index (χ2n) is 8.66. The molecular weight excluding hydrogens is 418 g/mol. The van der Waals surface area contributed by atoms with Crippen molar-refractivity contribution in [3.05, 3.63) is 71.8 Å². The molecular formula is C27H33NO5. The van der Waals surface area contributed by atoms with Gasteiger partial charge < -0.3 is 9.47 Å². The van der Waals surface area contributed by atoms with Gasteiger partial charge in [0.2, 0.25) is 0 Å². The van der Waals surface area contributed by atoms with Crippen molar-refractivity contribution in [1.82, 2.24) is 4.90 Å². The molecule has 176 valence electrons. The smallest absolute Gasteiger partial charge is 0.318 e. The monoisotopic (exact) mass is 451 g/mol. The van der Waals surface area contributed by atoms with Crippen molar-refractivity contribution in [1.29, 1.82) is 0 Å². The number of piperidine rings is 1. The number of carbonyl (C=O) groups excluding carboxylic acids is 3. The first-order valence-electron chi connectivity index (χ1n) is 11.6. The fourth-order valence-corrected chi connectivity index (χ4v) is 4.73. The van der Waals surface area contributed by atoms with Gasteiger partial charge in [-0.3, -0.25) is 19.3 Å². The summed E-state index contributed by atoms with van der Waals surface area (Å²) in [7, 11) is 0. The molecule has 0 spiro atoms. The molecule has 4 unspecified atom stereocenters. The molecule has 33 heavy (non-hydrogen) atoms. The van der Waals surface area contributed by atoms with Crippen LogP contribution < -0.4 is 0 Å². The Morgan fingerprint density at radius 1 is 0.788 bits per heavy atom. The van der Waals surface area contributed by atoms with E-state index in [1.807, 2.05) is 60.7 Å².